The third kappa shape index (κ3) is 2.61. The lowest BCUT2D eigenvalue weighted by molar-refractivity contribution is -0.384. The highest BCUT2D eigenvalue weighted by Crippen LogP contribution is 2.30. The molecule has 0 bridgehead atoms. The highest BCUT2D eigenvalue weighted by molar-refractivity contribution is 5.98. The summed E-state index contributed by atoms with van der Waals surface area (Å²) >= 11 is 0. The van der Waals surface area contributed by atoms with Gasteiger partial charge >= 0.3 is 5.97 Å². The molecule has 106 valence electrons. The predicted octanol–water partition coefficient (Wildman–Crippen LogP) is 1.72. The maximum atomic E-state index is 12.1. The third-order valence-electron chi connectivity index (χ3n) is 3.54. The van der Waals surface area contributed by atoms with E-state index in [0.29, 0.717) is 12.8 Å². The zero-order valence-corrected chi connectivity index (χ0v) is 10.7. The van der Waals surface area contributed by atoms with Crippen LogP contribution in [0.1, 0.15) is 36.0 Å². The molecule has 1 saturated carbocycles. The minimum atomic E-state index is -1.25. The lowest BCUT2D eigenvalue weighted by Crippen LogP contribution is -2.52. The zero-order chi connectivity index (χ0) is 14.8. The van der Waals surface area contributed by atoms with Crippen LogP contribution in [0.2, 0.25) is 0 Å². The first-order valence-corrected chi connectivity index (χ1v) is 6.25. The van der Waals surface area contributed by atoms with E-state index in [1.165, 1.54) is 18.2 Å². The van der Waals surface area contributed by atoms with Gasteiger partial charge in [-0.25, -0.2) is 4.79 Å². The molecule has 0 spiro atoms. The molecule has 1 aromatic carbocycles. The molecule has 0 heterocycles. The SMILES string of the molecule is O=C(NC1(C(=O)O)CCCC1)c1cccc([N+](=O)[O-])c1. The van der Waals surface area contributed by atoms with E-state index in [9.17, 15) is 24.8 Å². The van der Waals surface area contributed by atoms with Gasteiger partial charge in [-0.15, -0.1) is 0 Å². The molecule has 2 N–H and O–H groups in total. The van der Waals surface area contributed by atoms with Crippen molar-refractivity contribution in [2.75, 3.05) is 0 Å². The summed E-state index contributed by atoms with van der Waals surface area (Å²) in [6.45, 7) is 0. The van der Waals surface area contributed by atoms with Gasteiger partial charge in [-0.2, -0.15) is 0 Å². The molecule has 2 rings (SSSR count). The molecule has 0 saturated heterocycles. The second kappa shape index (κ2) is 5.28. The van der Waals surface area contributed by atoms with E-state index in [2.05, 4.69) is 5.32 Å². The van der Waals surface area contributed by atoms with Crippen LogP contribution in [-0.4, -0.2) is 27.4 Å². The normalized spacial score (nSPS) is 16.6. The molecular weight excluding hydrogens is 264 g/mol. The van der Waals surface area contributed by atoms with Crippen molar-refractivity contribution in [3.63, 3.8) is 0 Å². The highest BCUT2D eigenvalue weighted by Gasteiger charge is 2.42. The van der Waals surface area contributed by atoms with E-state index in [1.807, 2.05) is 0 Å². The van der Waals surface area contributed by atoms with Crippen molar-refractivity contribution in [2.24, 2.45) is 0 Å². The van der Waals surface area contributed by atoms with Crippen LogP contribution in [0, 0.1) is 10.1 Å². The van der Waals surface area contributed by atoms with Crippen molar-refractivity contribution >= 4 is 17.6 Å². The number of non-ortho nitro benzene ring substituents is 1. The summed E-state index contributed by atoms with van der Waals surface area (Å²) in [5.74, 6) is -1.66. The fourth-order valence-electron chi connectivity index (χ4n) is 2.42. The van der Waals surface area contributed by atoms with Crippen LogP contribution < -0.4 is 5.32 Å². The molecular formula is C13H14N2O5. The van der Waals surface area contributed by atoms with Gasteiger partial charge in [0.15, 0.2) is 0 Å². The first-order valence-electron chi connectivity index (χ1n) is 6.25. The van der Waals surface area contributed by atoms with Crippen molar-refractivity contribution in [1.82, 2.24) is 5.32 Å². The molecule has 7 nitrogen and oxygen atoms in total. The molecule has 0 unspecified atom stereocenters. The number of carboxylic acids is 1. The Hall–Kier alpha value is -2.44. The predicted molar refractivity (Wildman–Crippen MR) is 69.4 cm³/mol. The summed E-state index contributed by atoms with van der Waals surface area (Å²) in [7, 11) is 0. The molecule has 20 heavy (non-hydrogen) atoms. The Morgan fingerprint density at radius 2 is 1.95 bits per heavy atom. The van der Waals surface area contributed by atoms with Crippen LogP contribution >= 0.6 is 0 Å². The molecule has 1 amide bonds. The molecule has 1 aliphatic carbocycles. The number of aliphatic carboxylic acids is 1. The van der Waals surface area contributed by atoms with Crippen LogP contribution in [0.4, 0.5) is 5.69 Å². The van der Waals surface area contributed by atoms with E-state index in [4.69, 9.17) is 0 Å². The van der Waals surface area contributed by atoms with E-state index in [0.717, 1.165) is 18.9 Å². The number of hydrogen-bond donors (Lipinski definition) is 2. The maximum absolute atomic E-state index is 12.1. The van der Waals surface area contributed by atoms with Crippen molar-refractivity contribution in [3.8, 4) is 0 Å². The molecule has 0 aliphatic heterocycles. The summed E-state index contributed by atoms with van der Waals surface area (Å²) in [4.78, 5) is 33.5. The van der Waals surface area contributed by atoms with Gasteiger partial charge in [0.05, 0.1) is 4.92 Å². The van der Waals surface area contributed by atoms with Crippen molar-refractivity contribution in [3.05, 3.63) is 39.9 Å². The van der Waals surface area contributed by atoms with E-state index in [1.54, 1.807) is 0 Å². The van der Waals surface area contributed by atoms with Gasteiger partial charge in [-0.05, 0) is 18.9 Å². The minimum Gasteiger partial charge on any atom is -0.480 e. The second-order valence-corrected chi connectivity index (χ2v) is 4.86. The van der Waals surface area contributed by atoms with Crippen LogP contribution in [0.25, 0.3) is 0 Å². The summed E-state index contributed by atoms with van der Waals surface area (Å²) in [5, 5.41) is 22.5. The molecule has 1 fully saturated rings. The number of carboxylic acid groups (broad SMARTS) is 1. The number of hydrogen-bond acceptors (Lipinski definition) is 4. The van der Waals surface area contributed by atoms with Crippen LogP contribution in [0.15, 0.2) is 24.3 Å². The standard InChI is InChI=1S/C13H14N2O5/c16-11(9-4-3-5-10(8-9)15(19)20)14-13(12(17)18)6-1-2-7-13/h3-5,8H,1-2,6-7H2,(H,14,16)(H,17,18). The maximum Gasteiger partial charge on any atom is 0.329 e. The topological polar surface area (TPSA) is 110 Å². The van der Waals surface area contributed by atoms with Gasteiger partial charge in [0.2, 0.25) is 0 Å². The number of carbonyl (C=O) groups excluding carboxylic acids is 1. The summed E-state index contributed by atoms with van der Waals surface area (Å²) in [6.07, 6.45) is 2.23. The number of benzene rings is 1. The van der Waals surface area contributed by atoms with Gasteiger partial charge in [0.1, 0.15) is 5.54 Å². The number of rotatable bonds is 4. The summed E-state index contributed by atoms with van der Waals surface area (Å²) in [6, 6.07) is 5.24. The molecule has 1 aliphatic rings. The quantitative estimate of drug-likeness (QED) is 0.643. The van der Waals surface area contributed by atoms with E-state index < -0.39 is 22.3 Å². The monoisotopic (exact) mass is 278 g/mol. The van der Waals surface area contributed by atoms with Crippen LogP contribution in [0.3, 0.4) is 0 Å². The van der Waals surface area contributed by atoms with Gasteiger partial charge in [-0.1, -0.05) is 18.9 Å². The van der Waals surface area contributed by atoms with Crippen molar-refractivity contribution in [2.45, 2.75) is 31.2 Å². The van der Waals surface area contributed by atoms with Gasteiger partial charge < -0.3 is 10.4 Å². The number of nitro groups is 1. The van der Waals surface area contributed by atoms with Gasteiger partial charge in [0.25, 0.3) is 11.6 Å². The Bertz CT molecular complexity index is 564. The summed E-state index contributed by atoms with van der Waals surface area (Å²) in [5.41, 5.74) is -1.36. The number of nitrogens with zero attached hydrogens (tertiary/aromatic N) is 1. The fourth-order valence-corrected chi connectivity index (χ4v) is 2.42. The Labute approximate surface area is 114 Å². The average Bonchev–Trinajstić information content (AvgIpc) is 2.88. The number of nitro benzene ring substituents is 1. The van der Waals surface area contributed by atoms with E-state index in [-0.39, 0.29) is 11.3 Å². The Morgan fingerprint density at radius 1 is 1.30 bits per heavy atom. The first kappa shape index (κ1) is 14.0. The second-order valence-electron chi connectivity index (χ2n) is 4.86. The van der Waals surface area contributed by atoms with Gasteiger partial charge in [0, 0.05) is 17.7 Å². The Balaban J connectivity index is 2.21. The molecule has 0 atom stereocenters. The largest absolute Gasteiger partial charge is 0.480 e. The lowest BCUT2D eigenvalue weighted by Gasteiger charge is -2.25. The Kier molecular flexibility index (Phi) is 3.69. The zero-order valence-electron chi connectivity index (χ0n) is 10.7. The average molecular weight is 278 g/mol. The van der Waals surface area contributed by atoms with Crippen LogP contribution in [0.5, 0.6) is 0 Å². The number of amides is 1. The number of carbonyl (C=O) groups is 2. The molecule has 0 radical (unpaired) electrons. The molecule has 0 aromatic heterocycles. The fraction of sp³-hybridized carbons (Fsp3) is 0.385. The van der Waals surface area contributed by atoms with E-state index >= 15 is 0 Å². The molecule has 1 aromatic rings. The number of nitrogens with one attached hydrogen (secondary N) is 1. The highest BCUT2D eigenvalue weighted by atomic mass is 16.6. The van der Waals surface area contributed by atoms with Gasteiger partial charge in [-0.3, -0.25) is 14.9 Å². The third-order valence-corrected chi connectivity index (χ3v) is 3.54. The first-order chi connectivity index (χ1) is 9.44. The van der Waals surface area contributed by atoms with Crippen molar-refractivity contribution < 1.29 is 19.6 Å². The summed E-state index contributed by atoms with van der Waals surface area (Å²) < 4.78 is 0. The van der Waals surface area contributed by atoms with Crippen molar-refractivity contribution in [1.29, 1.82) is 0 Å². The lowest BCUT2D eigenvalue weighted by atomic mass is 9.97. The minimum absolute atomic E-state index is 0.0896. The smallest absolute Gasteiger partial charge is 0.329 e. The van der Waals surface area contributed by atoms with Crippen LogP contribution in [-0.2, 0) is 4.79 Å². The molecule has 7 heteroatoms. The Morgan fingerprint density at radius 3 is 2.50 bits per heavy atom.